The maximum atomic E-state index is 11.9. The third kappa shape index (κ3) is 4.27. The second-order valence-corrected chi connectivity index (χ2v) is 6.17. The lowest BCUT2D eigenvalue weighted by atomic mass is 10.4. The average Bonchev–Trinajstić information content (AvgIpc) is 3.02. The van der Waals surface area contributed by atoms with Crippen molar-refractivity contribution in [3.63, 3.8) is 0 Å². The van der Waals surface area contributed by atoms with E-state index in [1.54, 1.807) is 18.2 Å². The summed E-state index contributed by atoms with van der Waals surface area (Å²) in [6, 6.07) is 10.0. The van der Waals surface area contributed by atoms with E-state index in [0.717, 1.165) is 17.5 Å². The molecule has 1 aromatic heterocycles. The predicted octanol–water partition coefficient (Wildman–Crippen LogP) is 1.91. The second kappa shape index (κ2) is 6.88. The molecule has 1 amide bonds. The highest BCUT2D eigenvalue weighted by Crippen LogP contribution is 2.15. The molecule has 8 nitrogen and oxygen atoms in total. The van der Waals surface area contributed by atoms with Crippen LogP contribution in [0.2, 0.25) is 0 Å². The fourth-order valence-electron chi connectivity index (χ4n) is 1.65. The number of furan rings is 1. The molecule has 9 heteroatoms. The first-order chi connectivity index (χ1) is 10.9. The zero-order valence-electron chi connectivity index (χ0n) is 11.7. The summed E-state index contributed by atoms with van der Waals surface area (Å²) in [5.41, 5.74) is 0. The van der Waals surface area contributed by atoms with Gasteiger partial charge in [0.2, 0.25) is 0 Å². The number of nitro groups is 1. The first-order valence-electron chi connectivity index (χ1n) is 6.39. The van der Waals surface area contributed by atoms with Gasteiger partial charge in [-0.3, -0.25) is 14.9 Å². The van der Waals surface area contributed by atoms with Crippen LogP contribution in [0, 0.1) is 10.1 Å². The number of nitrogens with zero attached hydrogens (tertiary/aromatic N) is 1. The minimum absolute atomic E-state index is 0.0700. The van der Waals surface area contributed by atoms with Crippen LogP contribution in [0.5, 0.6) is 0 Å². The zero-order valence-corrected chi connectivity index (χ0v) is 12.5. The van der Waals surface area contributed by atoms with Crippen LogP contribution >= 0.6 is 0 Å². The Morgan fingerprint density at radius 3 is 2.52 bits per heavy atom. The molecule has 0 spiro atoms. The molecule has 0 atom stereocenters. The molecule has 120 valence electrons. The molecule has 1 N–H and O–H groups in total. The zero-order chi connectivity index (χ0) is 16.9. The van der Waals surface area contributed by atoms with Gasteiger partial charge in [-0.15, -0.1) is 0 Å². The first-order valence-corrected chi connectivity index (χ1v) is 7.94. The van der Waals surface area contributed by atoms with Crippen LogP contribution in [0.15, 0.2) is 63.3 Å². The topological polar surface area (TPSA) is 120 Å². The SMILES string of the molecule is O=C(NC/C=C/S(=O)(=O)c1ccccc1)c1ccc([N+](=O)[O-])o1. The highest BCUT2D eigenvalue weighted by molar-refractivity contribution is 7.94. The number of sulfone groups is 1. The minimum atomic E-state index is -3.57. The molecule has 1 aromatic carbocycles. The molecule has 2 aromatic rings. The third-order valence-corrected chi connectivity index (χ3v) is 4.20. The summed E-state index contributed by atoms with van der Waals surface area (Å²) in [4.78, 5) is 21.5. The van der Waals surface area contributed by atoms with Crippen LogP contribution in [0.3, 0.4) is 0 Å². The number of rotatable bonds is 6. The Kier molecular flexibility index (Phi) is 4.91. The molecular formula is C14H12N2O6S. The van der Waals surface area contributed by atoms with Crippen molar-refractivity contribution in [2.75, 3.05) is 6.54 Å². The fraction of sp³-hybridized carbons (Fsp3) is 0.0714. The summed E-state index contributed by atoms with van der Waals surface area (Å²) >= 11 is 0. The lowest BCUT2D eigenvalue weighted by Crippen LogP contribution is -2.22. The molecule has 2 rings (SSSR count). The summed E-state index contributed by atoms with van der Waals surface area (Å²) in [5, 5.41) is 13.8. The molecule has 0 aliphatic heterocycles. The second-order valence-electron chi connectivity index (χ2n) is 4.33. The standard InChI is InChI=1S/C14H12N2O6S/c17-14(12-7-8-13(22-12)16(18)19)15-9-4-10-23(20,21)11-5-2-1-3-6-11/h1-8,10H,9H2,(H,15,17)/b10-4+. The van der Waals surface area contributed by atoms with Gasteiger partial charge < -0.3 is 9.73 Å². The van der Waals surface area contributed by atoms with Crippen LogP contribution in [-0.2, 0) is 9.84 Å². The van der Waals surface area contributed by atoms with Crippen molar-refractivity contribution in [2.45, 2.75) is 4.90 Å². The molecule has 0 saturated carbocycles. The lowest BCUT2D eigenvalue weighted by Gasteiger charge is -1.99. The van der Waals surface area contributed by atoms with Gasteiger partial charge in [-0.1, -0.05) is 24.3 Å². The highest BCUT2D eigenvalue weighted by atomic mass is 32.2. The van der Waals surface area contributed by atoms with E-state index in [1.165, 1.54) is 18.2 Å². The Bertz CT molecular complexity index is 839. The van der Waals surface area contributed by atoms with Crippen molar-refractivity contribution >= 4 is 21.6 Å². The van der Waals surface area contributed by atoms with Crippen molar-refractivity contribution in [3.8, 4) is 0 Å². The van der Waals surface area contributed by atoms with Gasteiger partial charge in [-0.05, 0) is 18.2 Å². The Morgan fingerprint density at radius 2 is 1.91 bits per heavy atom. The van der Waals surface area contributed by atoms with E-state index in [-0.39, 0.29) is 17.2 Å². The van der Waals surface area contributed by atoms with Crippen LogP contribution < -0.4 is 5.32 Å². The van der Waals surface area contributed by atoms with Crippen LogP contribution in [0.1, 0.15) is 10.6 Å². The van der Waals surface area contributed by atoms with Gasteiger partial charge >= 0.3 is 5.88 Å². The van der Waals surface area contributed by atoms with Crippen molar-refractivity contribution in [3.05, 3.63) is 69.8 Å². The fourth-order valence-corrected chi connectivity index (χ4v) is 2.69. The lowest BCUT2D eigenvalue weighted by molar-refractivity contribution is -0.402. The van der Waals surface area contributed by atoms with E-state index in [1.807, 2.05) is 0 Å². The minimum Gasteiger partial charge on any atom is -0.395 e. The van der Waals surface area contributed by atoms with E-state index in [9.17, 15) is 23.3 Å². The number of benzene rings is 1. The molecule has 0 bridgehead atoms. The molecule has 0 saturated heterocycles. The third-order valence-electron chi connectivity index (χ3n) is 2.72. The maximum absolute atomic E-state index is 11.9. The van der Waals surface area contributed by atoms with Crippen molar-refractivity contribution in [1.82, 2.24) is 5.32 Å². The monoisotopic (exact) mass is 336 g/mol. The van der Waals surface area contributed by atoms with Gasteiger partial charge in [-0.25, -0.2) is 8.42 Å². The van der Waals surface area contributed by atoms with Gasteiger partial charge in [0.15, 0.2) is 15.6 Å². The highest BCUT2D eigenvalue weighted by Gasteiger charge is 2.16. The average molecular weight is 336 g/mol. The number of hydrogen-bond donors (Lipinski definition) is 1. The van der Waals surface area contributed by atoms with Crippen molar-refractivity contribution < 1.29 is 22.6 Å². The van der Waals surface area contributed by atoms with E-state index in [0.29, 0.717) is 0 Å². The number of nitrogens with one attached hydrogen (secondary N) is 1. The van der Waals surface area contributed by atoms with Crippen LogP contribution in [-0.4, -0.2) is 25.8 Å². The number of amides is 1. The van der Waals surface area contributed by atoms with E-state index in [4.69, 9.17) is 4.42 Å². The predicted molar refractivity (Wildman–Crippen MR) is 80.5 cm³/mol. The molecule has 0 radical (unpaired) electrons. The molecule has 1 heterocycles. The molecule has 0 aliphatic rings. The number of carbonyl (C=O) groups excluding carboxylic acids is 1. The van der Waals surface area contributed by atoms with Gasteiger partial charge in [0.25, 0.3) is 5.91 Å². The van der Waals surface area contributed by atoms with Gasteiger partial charge in [0.05, 0.1) is 11.0 Å². The number of carbonyl (C=O) groups is 1. The van der Waals surface area contributed by atoms with E-state index < -0.39 is 26.6 Å². The summed E-state index contributed by atoms with van der Waals surface area (Å²) < 4.78 is 28.6. The molecule has 0 unspecified atom stereocenters. The van der Waals surface area contributed by atoms with E-state index >= 15 is 0 Å². The van der Waals surface area contributed by atoms with E-state index in [2.05, 4.69) is 5.32 Å². The first kappa shape index (κ1) is 16.4. The Labute approximate surface area is 131 Å². The molecular weight excluding hydrogens is 324 g/mol. The Balaban J connectivity index is 1.93. The van der Waals surface area contributed by atoms with Crippen molar-refractivity contribution in [1.29, 1.82) is 0 Å². The summed E-state index contributed by atoms with van der Waals surface area (Å²) in [6.07, 6.45) is 1.26. The molecule has 23 heavy (non-hydrogen) atoms. The summed E-state index contributed by atoms with van der Waals surface area (Å²) in [5.74, 6) is -1.45. The van der Waals surface area contributed by atoms with Crippen LogP contribution in [0.4, 0.5) is 5.88 Å². The quantitative estimate of drug-likeness (QED) is 0.635. The smallest absolute Gasteiger partial charge is 0.395 e. The normalized spacial score (nSPS) is 11.5. The van der Waals surface area contributed by atoms with Crippen LogP contribution in [0.25, 0.3) is 0 Å². The van der Waals surface area contributed by atoms with Crippen molar-refractivity contribution in [2.24, 2.45) is 0 Å². The Morgan fingerprint density at radius 1 is 1.22 bits per heavy atom. The van der Waals surface area contributed by atoms with Gasteiger partial charge in [-0.2, -0.15) is 0 Å². The largest absolute Gasteiger partial charge is 0.433 e. The Hall–Kier alpha value is -2.94. The summed E-state index contributed by atoms with van der Waals surface area (Å²) in [7, 11) is -3.57. The van der Waals surface area contributed by atoms with Gasteiger partial charge in [0.1, 0.15) is 4.92 Å². The molecule has 0 aliphatic carbocycles. The molecule has 0 fully saturated rings. The number of hydrogen-bond acceptors (Lipinski definition) is 6. The maximum Gasteiger partial charge on any atom is 0.433 e. The summed E-state index contributed by atoms with van der Waals surface area (Å²) in [6.45, 7) is -0.0700. The van der Waals surface area contributed by atoms with Gasteiger partial charge in [0, 0.05) is 12.0 Å².